The Bertz CT molecular complexity index is 559. The van der Waals surface area contributed by atoms with Gasteiger partial charge >= 0.3 is 0 Å². The highest BCUT2D eigenvalue weighted by Crippen LogP contribution is 2.23. The van der Waals surface area contributed by atoms with Crippen molar-refractivity contribution in [3.63, 3.8) is 0 Å². The molecule has 2 rings (SSSR count). The third-order valence-electron chi connectivity index (χ3n) is 3.87. The molecular weight excluding hydrogens is 280 g/mol. The van der Waals surface area contributed by atoms with Gasteiger partial charge in [-0.25, -0.2) is 13.4 Å². The Labute approximate surface area is 119 Å². The van der Waals surface area contributed by atoms with E-state index in [1.807, 2.05) is 13.8 Å². The van der Waals surface area contributed by atoms with Crippen LogP contribution < -0.4 is 4.83 Å². The van der Waals surface area contributed by atoms with Crippen LogP contribution in [0.1, 0.15) is 44.4 Å². The van der Waals surface area contributed by atoms with Crippen molar-refractivity contribution in [2.24, 2.45) is 0 Å². The van der Waals surface area contributed by atoms with Gasteiger partial charge in [0.15, 0.2) is 5.03 Å². The third-order valence-corrected chi connectivity index (χ3v) is 5.17. The van der Waals surface area contributed by atoms with Gasteiger partial charge in [-0.1, -0.05) is 6.42 Å². The van der Waals surface area contributed by atoms with Crippen LogP contribution >= 0.6 is 0 Å². The second kappa shape index (κ2) is 5.80. The van der Waals surface area contributed by atoms with E-state index in [0.29, 0.717) is 11.3 Å². The lowest BCUT2D eigenvalue weighted by Crippen LogP contribution is -2.54. The topological polar surface area (TPSA) is 98.3 Å². The highest BCUT2D eigenvalue weighted by atomic mass is 32.2. The zero-order valence-electron chi connectivity index (χ0n) is 12.0. The van der Waals surface area contributed by atoms with Gasteiger partial charge < -0.3 is 5.11 Å². The van der Waals surface area contributed by atoms with E-state index in [2.05, 4.69) is 15.0 Å². The Morgan fingerprint density at radius 1 is 1.40 bits per heavy atom. The summed E-state index contributed by atoms with van der Waals surface area (Å²) in [5, 5.41) is 17.4. The zero-order chi connectivity index (χ0) is 14.9. The van der Waals surface area contributed by atoms with Crippen LogP contribution in [0.4, 0.5) is 0 Å². The number of aromatic nitrogens is 2. The van der Waals surface area contributed by atoms with Gasteiger partial charge in [-0.05, 0) is 33.6 Å². The van der Waals surface area contributed by atoms with Gasteiger partial charge in [-0.15, -0.1) is 4.83 Å². The van der Waals surface area contributed by atoms with Crippen LogP contribution in [-0.4, -0.2) is 40.8 Å². The molecule has 0 amide bonds. The monoisotopic (exact) mass is 302 g/mol. The SMILES string of the molecule is Cc1[nH]nc(S(=O)(=O)NN2C(C)CCCC2C)c1CO. The van der Waals surface area contributed by atoms with Crippen molar-refractivity contribution in [2.45, 2.75) is 63.8 Å². The minimum Gasteiger partial charge on any atom is -0.392 e. The molecule has 20 heavy (non-hydrogen) atoms. The Kier molecular flexibility index (Phi) is 4.48. The summed E-state index contributed by atoms with van der Waals surface area (Å²) in [4.78, 5) is 2.61. The van der Waals surface area contributed by atoms with Crippen LogP contribution in [0.25, 0.3) is 0 Å². The molecule has 0 aliphatic carbocycles. The lowest BCUT2D eigenvalue weighted by molar-refractivity contribution is 0.0788. The van der Waals surface area contributed by atoms with Crippen molar-refractivity contribution in [3.05, 3.63) is 11.3 Å². The highest BCUT2D eigenvalue weighted by Gasteiger charge is 2.31. The van der Waals surface area contributed by atoms with Crippen LogP contribution in [0.2, 0.25) is 0 Å². The van der Waals surface area contributed by atoms with Crippen LogP contribution in [0.15, 0.2) is 5.03 Å². The second-order valence-electron chi connectivity index (χ2n) is 5.42. The van der Waals surface area contributed by atoms with Gasteiger partial charge in [-0.2, -0.15) is 5.10 Å². The number of sulfonamides is 1. The molecule has 1 aliphatic rings. The van der Waals surface area contributed by atoms with Crippen LogP contribution in [-0.2, 0) is 16.6 Å². The first-order chi connectivity index (χ1) is 9.36. The van der Waals surface area contributed by atoms with E-state index < -0.39 is 10.0 Å². The van der Waals surface area contributed by atoms with Gasteiger partial charge in [0.25, 0.3) is 10.0 Å². The number of hydrogen-bond donors (Lipinski definition) is 3. The molecule has 2 heterocycles. The quantitative estimate of drug-likeness (QED) is 0.759. The molecule has 1 saturated heterocycles. The molecule has 0 bridgehead atoms. The Balaban J connectivity index is 2.26. The smallest absolute Gasteiger partial charge is 0.273 e. The highest BCUT2D eigenvalue weighted by molar-refractivity contribution is 7.89. The number of aryl methyl sites for hydroxylation is 1. The van der Waals surface area contributed by atoms with Crippen molar-refractivity contribution in [1.82, 2.24) is 20.0 Å². The number of nitrogens with zero attached hydrogens (tertiary/aromatic N) is 2. The molecule has 114 valence electrons. The maximum Gasteiger partial charge on any atom is 0.273 e. The van der Waals surface area contributed by atoms with Crippen LogP contribution in [0.3, 0.4) is 0 Å². The van der Waals surface area contributed by atoms with Crippen LogP contribution in [0.5, 0.6) is 0 Å². The largest absolute Gasteiger partial charge is 0.392 e. The molecule has 1 fully saturated rings. The number of nitrogens with one attached hydrogen (secondary N) is 2. The minimum absolute atomic E-state index is 0.123. The molecule has 2 atom stereocenters. The van der Waals surface area contributed by atoms with Gasteiger partial charge in [-0.3, -0.25) is 5.10 Å². The summed E-state index contributed by atoms with van der Waals surface area (Å²) in [5.41, 5.74) is 0.877. The van der Waals surface area contributed by atoms with E-state index >= 15 is 0 Å². The van der Waals surface area contributed by atoms with E-state index in [0.717, 1.165) is 19.3 Å². The summed E-state index contributed by atoms with van der Waals surface area (Å²) >= 11 is 0. The van der Waals surface area contributed by atoms with Crippen LogP contribution in [0, 0.1) is 6.92 Å². The molecule has 1 aromatic rings. The third kappa shape index (κ3) is 2.88. The molecule has 1 aliphatic heterocycles. The summed E-state index contributed by atoms with van der Waals surface area (Å²) in [6, 6.07) is 0.289. The van der Waals surface area contributed by atoms with Crippen molar-refractivity contribution in [2.75, 3.05) is 0 Å². The average molecular weight is 302 g/mol. The summed E-state index contributed by atoms with van der Waals surface area (Å²) in [5.74, 6) is 0. The molecule has 8 heteroatoms. The summed E-state index contributed by atoms with van der Waals surface area (Å²) in [7, 11) is -3.77. The fraction of sp³-hybridized carbons (Fsp3) is 0.750. The van der Waals surface area contributed by atoms with E-state index in [1.54, 1.807) is 11.9 Å². The molecule has 0 spiro atoms. The second-order valence-corrected chi connectivity index (χ2v) is 7.00. The van der Waals surface area contributed by atoms with Crippen molar-refractivity contribution >= 4 is 10.0 Å². The normalized spacial score (nSPS) is 25.0. The van der Waals surface area contributed by atoms with Crippen molar-refractivity contribution in [3.8, 4) is 0 Å². The van der Waals surface area contributed by atoms with Gasteiger partial charge in [0.1, 0.15) is 0 Å². The molecule has 3 N–H and O–H groups in total. The number of aromatic amines is 1. The predicted molar refractivity (Wildman–Crippen MR) is 74.2 cm³/mol. The number of aliphatic hydroxyl groups excluding tert-OH is 1. The van der Waals surface area contributed by atoms with Crippen molar-refractivity contribution in [1.29, 1.82) is 0 Å². The molecule has 1 aromatic heterocycles. The Morgan fingerprint density at radius 3 is 2.55 bits per heavy atom. The lowest BCUT2D eigenvalue weighted by atomic mass is 10.0. The Hall–Kier alpha value is -0.960. The van der Waals surface area contributed by atoms with E-state index in [1.165, 1.54) is 0 Å². The number of rotatable bonds is 4. The maximum atomic E-state index is 12.4. The molecular formula is C12H22N4O3S. The zero-order valence-corrected chi connectivity index (χ0v) is 12.9. The van der Waals surface area contributed by atoms with Crippen molar-refractivity contribution < 1.29 is 13.5 Å². The molecule has 0 aromatic carbocycles. The molecule has 0 radical (unpaired) electrons. The van der Waals surface area contributed by atoms with E-state index in [-0.39, 0.29) is 23.7 Å². The fourth-order valence-electron chi connectivity index (χ4n) is 2.62. The van der Waals surface area contributed by atoms with Gasteiger partial charge in [0.05, 0.1) is 6.61 Å². The number of H-pyrrole nitrogens is 1. The molecule has 7 nitrogen and oxygen atoms in total. The summed E-state index contributed by atoms with van der Waals surface area (Å²) in [6.07, 6.45) is 3.02. The lowest BCUT2D eigenvalue weighted by Gasteiger charge is -2.38. The Morgan fingerprint density at radius 2 is 2.00 bits per heavy atom. The maximum absolute atomic E-state index is 12.4. The average Bonchev–Trinajstić information content (AvgIpc) is 2.76. The summed E-state index contributed by atoms with van der Waals surface area (Å²) in [6.45, 7) is 5.33. The van der Waals surface area contributed by atoms with E-state index in [4.69, 9.17) is 0 Å². The summed E-state index contributed by atoms with van der Waals surface area (Å²) < 4.78 is 24.9. The van der Waals surface area contributed by atoms with Gasteiger partial charge in [0.2, 0.25) is 0 Å². The number of hydrazine groups is 1. The minimum atomic E-state index is -3.77. The van der Waals surface area contributed by atoms with Gasteiger partial charge in [0, 0.05) is 23.3 Å². The molecule has 0 saturated carbocycles. The molecule has 2 unspecified atom stereocenters. The van der Waals surface area contributed by atoms with E-state index in [9.17, 15) is 13.5 Å². The number of hydrogen-bond acceptors (Lipinski definition) is 5. The standard InChI is InChI=1S/C12H22N4O3S/c1-8-5-4-6-9(2)16(8)15-20(18,19)12-11(7-17)10(3)13-14-12/h8-9,15,17H,4-7H2,1-3H3,(H,13,14). The first-order valence-corrected chi connectivity index (χ1v) is 8.30. The number of piperidine rings is 1. The fourth-order valence-corrected chi connectivity index (χ4v) is 4.05. The first-order valence-electron chi connectivity index (χ1n) is 6.82. The first kappa shape index (κ1) is 15.4. The number of aliphatic hydroxyl groups is 1. The predicted octanol–water partition coefficient (Wildman–Crippen LogP) is 0.667.